The molecular weight excluding hydrogens is 318 g/mol. The number of H-pyrrole nitrogens is 1. The summed E-state index contributed by atoms with van der Waals surface area (Å²) >= 11 is 0. The van der Waals surface area contributed by atoms with Crippen LogP contribution in [0.5, 0.6) is 17.2 Å². The van der Waals surface area contributed by atoms with Crippen molar-refractivity contribution < 1.29 is 14.2 Å². The van der Waals surface area contributed by atoms with Gasteiger partial charge in [0.05, 0.1) is 12.3 Å². The van der Waals surface area contributed by atoms with Crippen molar-refractivity contribution in [3.8, 4) is 17.2 Å². The van der Waals surface area contributed by atoms with Gasteiger partial charge in [0.15, 0.2) is 11.5 Å². The van der Waals surface area contributed by atoms with Crippen molar-refractivity contribution in [1.82, 2.24) is 15.1 Å². The van der Waals surface area contributed by atoms with Crippen molar-refractivity contribution in [3.63, 3.8) is 0 Å². The van der Waals surface area contributed by atoms with Crippen molar-refractivity contribution in [3.05, 3.63) is 34.6 Å². The van der Waals surface area contributed by atoms with Crippen LogP contribution in [0.4, 0.5) is 0 Å². The van der Waals surface area contributed by atoms with E-state index >= 15 is 0 Å². The van der Waals surface area contributed by atoms with E-state index in [4.69, 9.17) is 14.2 Å². The highest BCUT2D eigenvalue weighted by atomic mass is 16.7. The molecule has 1 aliphatic carbocycles. The molecule has 0 atom stereocenters. The van der Waals surface area contributed by atoms with Gasteiger partial charge < -0.3 is 14.2 Å². The second-order valence-corrected chi connectivity index (χ2v) is 6.75. The quantitative estimate of drug-likeness (QED) is 0.873. The number of ether oxygens (including phenoxy) is 3. The number of benzene rings is 1. The van der Waals surface area contributed by atoms with Crippen LogP contribution >= 0.6 is 0 Å². The topological polar surface area (TPSA) is 59.6 Å². The van der Waals surface area contributed by atoms with Gasteiger partial charge in [0.2, 0.25) is 6.79 Å². The van der Waals surface area contributed by atoms with Crippen LogP contribution in [-0.4, -0.2) is 35.5 Å². The Hall–Kier alpha value is -2.21. The van der Waals surface area contributed by atoms with E-state index in [9.17, 15) is 0 Å². The van der Waals surface area contributed by atoms with Crippen LogP contribution in [0, 0.1) is 0 Å². The maximum atomic E-state index is 5.80. The lowest BCUT2D eigenvalue weighted by atomic mass is 9.96. The molecule has 0 fully saturated rings. The number of nitrogens with zero attached hydrogens (tertiary/aromatic N) is 2. The summed E-state index contributed by atoms with van der Waals surface area (Å²) in [5.41, 5.74) is 5.04. The number of rotatable bonds is 6. The lowest BCUT2D eigenvalue weighted by Gasteiger charge is -2.19. The lowest BCUT2D eigenvalue weighted by Crippen LogP contribution is -2.19. The van der Waals surface area contributed by atoms with Gasteiger partial charge in [-0.15, -0.1) is 0 Å². The fourth-order valence-electron chi connectivity index (χ4n) is 3.66. The summed E-state index contributed by atoms with van der Waals surface area (Å²) in [6.45, 7) is 4.50. The summed E-state index contributed by atoms with van der Waals surface area (Å²) in [7, 11) is 2.12. The molecule has 1 N–H and O–H groups in total. The van der Waals surface area contributed by atoms with E-state index in [1.54, 1.807) is 0 Å². The largest absolute Gasteiger partial charge is 0.493 e. The molecule has 25 heavy (non-hydrogen) atoms. The molecule has 0 spiro atoms. The van der Waals surface area contributed by atoms with Gasteiger partial charge >= 0.3 is 0 Å². The number of hydrogen-bond donors (Lipinski definition) is 1. The van der Waals surface area contributed by atoms with Crippen LogP contribution in [0.1, 0.15) is 42.3 Å². The van der Waals surface area contributed by atoms with Gasteiger partial charge in [0.25, 0.3) is 0 Å². The first-order valence-electron chi connectivity index (χ1n) is 9.03. The lowest BCUT2D eigenvalue weighted by molar-refractivity contribution is 0.173. The molecule has 1 aliphatic heterocycles. The van der Waals surface area contributed by atoms with Crippen molar-refractivity contribution in [1.29, 1.82) is 0 Å². The van der Waals surface area contributed by atoms with E-state index in [0.29, 0.717) is 6.61 Å². The molecule has 2 aromatic rings. The third-order valence-electron chi connectivity index (χ3n) is 4.86. The Morgan fingerprint density at radius 1 is 1.16 bits per heavy atom. The summed E-state index contributed by atoms with van der Waals surface area (Å²) < 4.78 is 16.8. The van der Waals surface area contributed by atoms with E-state index in [-0.39, 0.29) is 6.79 Å². The number of aryl methyl sites for hydroxylation is 1. The SMILES string of the molecule is CCOc1cc2c(cc1CN(C)Cc1n[nH]c3c1CCCC3)OCO2. The van der Waals surface area contributed by atoms with E-state index in [2.05, 4.69) is 22.1 Å². The summed E-state index contributed by atoms with van der Waals surface area (Å²) in [5.74, 6) is 2.42. The first kappa shape index (κ1) is 16.3. The van der Waals surface area contributed by atoms with Crippen LogP contribution in [-0.2, 0) is 25.9 Å². The standard InChI is InChI=1S/C19H25N3O3/c1-3-23-17-9-19-18(24-12-25-19)8-13(17)10-22(2)11-16-14-6-4-5-7-15(14)20-21-16/h8-9H,3-7,10-12H2,1-2H3,(H,20,21). The Morgan fingerprint density at radius 2 is 1.96 bits per heavy atom. The molecule has 6 heteroatoms. The zero-order valence-corrected chi connectivity index (χ0v) is 14.9. The van der Waals surface area contributed by atoms with Gasteiger partial charge in [-0.2, -0.15) is 5.10 Å². The summed E-state index contributed by atoms with van der Waals surface area (Å²) in [4.78, 5) is 2.27. The normalized spacial score (nSPS) is 15.5. The first-order valence-corrected chi connectivity index (χ1v) is 9.03. The summed E-state index contributed by atoms with van der Waals surface area (Å²) in [5, 5.41) is 7.78. The molecule has 6 nitrogen and oxygen atoms in total. The zero-order valence-electron chi connectivity index (χ0n) is 14.9. The highest BCUT2D eigenvalue weighted by molar-refractivity contribution is 5.51. The second-order valence-electron chi connectivity index (χ2n) is 6.75. The number of hydrogen-bond acceptors (Lipinski definition) is 5. The van der Waals surface area contributed by atoms with Crippen molar-refractivity contribution >= 4 is 0 Å². The smallest absolute Gasteiger partial charge is 0.231 e. The van der Waals surface area contributed by atoms with Gasteiger partial charge in [-0.3, -0.25) is 10.00 Å². The molecule has 0 bridgehead atoms. The predicted octanol–water partition coefficient (Wildman–Crippen LogP) is 3.05. The van der Waals surface area contributed by atoms with E-state index in [1.165, 1.54) is 29.8 Å². The monoisotopic (exact) mass is 343 g/mol. The molecule has 0 amide bonds. The van der Waals surface area contributed by atoms with Gasteiger partial charge in [-0.25, -0.2) is 0 Å². The molecule has 0 radical (unpaired) electrons. The fraction of sp³-hybridized carbons (Fsp3) is 0.526. The average molecular weight is 343 g/mol. The summed E-state index contributed by atoms with van der Waals surface area (Å²) in [6.07, 6.45) is 4.80. The number of fused-ring (bicyclic) bond motifs is 2. The Bertz CT molecular complexity index is 757. The van der Waals surface area contributed by atoms with Crippen LogP contribution in [0.3, 0.4) is 0 Å². The minimum absolute atomic E-state index is 0.277. The Morgan fingerprint density at radius 3 is 2.80 bits per heavy atom. The van der Waals surface area contributed by atoms with Crippen molar-refractivity contribution in [2.45, 2.75) is 45.7 Å². The van der Waals surface area contributed by atoms with Crippen molar-refractivity contribution in [2.24, 2.45) is 0 Å². The number of aromatic amines is 1. The number of aromatic nitrogens is 2. The highest BCUT2D eigenvalue weighted by Gasteiger charge is 2.21. The van der Waals surface area contributed by atoms with Crippen molar-refractivity contribution in [2.75, 3.05) is 20.4 Å². The fourth-order valence-corrected chi connectivity index (χ4v) is 3.66. The van der Waals surface area contributed by atoms with Crippen LogP contribution in [0.25, 0.3) is 0 Å². The van der Waals surface area contributed by atoms with Crippen LogP contribution < -0.4 is 14.2 Å². The zero-order chi connectivity index (χ0) is 17.2. The minimum atomic E-state index is 0.277. The minimum Gasteiger partial charge on any atom is -0.493 e. The first-order chi connectivity index (χ1) is 12.2. The molecule has 2 heterocycles. The Balaban J connectivity index is 1.50. The number of nitrogens with one attached hydrogen (secondary N) is 1. The maximum Gasteiger partial charge on any atom is 0.231 e. The molecule has 134 valence electrons. The molecule has 2 aliphatic rings. The average Bonchev–Trinajstić information content (AvgIpc) is 3.22. The molecule has 1 aromatic carbocycles. The molecule has 4 rings (SSSR count). The van der Waals surface area contributed by atoms with E-state index in [1.807, 2.05) is 19.1 Å². The van der Waals surface area contributed by atoms with E-state index in [0.717, 1.165) is 48.7 Å². The van der Waals surface area contributed by atoms with Crippen LogP contribution in [0.15, 0.2) is 12.1 Å². The van der Waals surface area contributed by atoms with Gasteiger partial charge in [-0.05, 0) is 51.3 Å². The van der Waals surface area contributed by atoms with Crippen LogP contribution in [0.2, 0.25) is 0 Å². The predicted molar refractivity (Wildman–Crippen MR) is 94.1 cm³/mol. The molecule has 0 unspecified atom stereocenters. The highest BCUT2D eigenvalue weighted by Crippen LogP contribution is 2.38. The molecule has 1 aromatic heterocycles. The molecular formula is C19H25N3O3. The Kier molecular flexibility index (Phi) is 4.53. The van der Waals surface area contributed by atoms with Gasteiger partial charge in [-0.1, -0.05) is 0 Å². The van der Waals surface area contributed by atoms with E-state index < -0.39 is 0 Å². The third-order valence-corrected chi connectivity index (χ3v) is 4.86. The third kappa shape index (κ3) is 3.31. The van der Waals surface area contributed by atoms with Gasteiger partial charge in [0.1, 0.15) is 5.75 Å². The second kappa shape index (κ2) is 6.96. The Labute approximate surface area is 148 Å². The van der Waals surface area contributed by atoms with Gasteiger partial charge in [0, 0.05) is 30.4 Å². The summed E-state index contributed by atoms with van der Waals surface area (Å²) in [6, 6.07) is 3.97. The maximum absolute atomic E-state index is 5.80. The molecule has 0 saturated carbocycles. The molecule has 0 saturated heterocycles.